The van der Waals surface area contributed by atoms with Crippen molar-refractivity contribution >= 4 is 16.5 Å². The molecule has 19 heavy (non-hydrogen) atoms. The first kappa shape index (κ1) is 14.8. The van der Waals surface area contributed by atoms with Gasteiger partial charge in [-0.05, 0) is 25.8 Å². The number of hydrogen-bond acceptors (Lipinski definition) is 5. The molecule has 0 bridgehead atoms. The highest BCUT2D eigenvalue weighted by atomic mass is 32.1. The SMILES string of the molecule is CCc1nc(N(C)C2CCN(CC)CC2)sc1CO. The molecule has 0 aromatic carbocycles. The second kappa shape index (κ2) is 6.68. The topological polar surface area (TPSA) is 39.6 Å². The maximum Gasteiger partial charge on any atom is 0.185 e. The first-order valence-corrected chi connectivity index (χ1v) is 8.05. The molecule has 0 spiro atoms. The van der Waals surface area contributed by atoms with Crippen LogP contribution in [-0.4, -0.2) is 47.7 Å². The van der Waals surface area contributed by atoms with E-state index in [1.54, 1.807) is 11.3 Å². The van der Waals surface area contributed by atoms with E-state index in [0.717, 1.165) is 28.7 Å². The highest BCUT2D eigenvalue weighted by Crippen LogP contribution is 2.29. The van der Waals surface area contributed by atoms with E-state index < -0.39 is 0 Å². The zero-order chi connectivity index (χ0) is 13.8. The van der Waals surface area contributed by atoms with E-state index >= 15 is 0 Å². The molecule has 1 N–H and O–H groups in total. The number of likely N-dealkylation sites (tertiary alicyclic amines) is 1. The van der Waals surface area contributed by atoms with Crippen molar-refractivity contribution in [1.29, 1.82) is 0 Å². The van der Waals surface area contributed by atoms with Gasteiger partial charge in [-0.3, -0.25) is 0 Å². The van der Waals surface area contributed by atoms with Crippen LogP contribution in [0.2, 0.25) is 0 Å². The van der Waals surface area contributed by atoms with Gasteiger partial charge >= 0.3 is 0 Å². The third-order valence-electron chi connectivity index (χ3n) is 4.10. The Labute approximate surface area is 120 Å². The van der Waals surface area contributed by atoms with E-state index in [2.05, 4.69) is 35.7 Å². The number of aromatic nitrogens is 1. The molecule has 0 aliphatic carbocycles. The van der Waals surface area contributed by atoms with Gasteiger partial charge in [0.2, 0.25) is 0 Å². The number of hydrogen-bond donors (Lipinski definition) is 1. The summed E-state index contributed by atoms with van der Waals surface area (Å²) < 4.78 is 0. The Bertz CT molecular complexity index is 378. The van der Waals surface area contributed by atoms with Crippen molar-refractivity contribution in [3.8, 4) is 0 Å². The van der Waals surface area contributed by atoms with Gasteiger partial charge in [-0.1, -0.05) is 25.2 Å². The molecule has 1 fully saturated rings. The fourth-order valence-electron chi connectivity index (χ4n) is 2.70. The van der Waals surface area contributed by atoms with E-state index in [1.165, 1.54) is 25.9 Å². The number of piperidine rings is 1. The third-order valence-corrected chi connectivity index (χ3v) is 5.27. The number of anilines is 1. The molecule has 108 valence electrons. The van der Waals surface area contributed by atoms with E-state index in [9.17, 15) is 5.11 Å². The van der Waals surface area contributed by atoms with Gasteiger partial charge in [-0.2, -0.15) is 0 Å². The van der Waals surface area contributed by atoms with Crippen LogP contribution in [0.4, 0.5) is 5.13 Å². The molecule has 1 aliphatic rings. The summed E-state index contributed by atoms with van der Waals surface area (Å²) in [6.45, 7) is 7.96. The van der Waals surface area contributed by atoms with Gasteiger partial charge in [-0.15, -0.1) is 0 Å². The van der Waals surface area contributed by atoms with Crippen molar-refractivity contribution < 1.29 is 5.11 Å². The summed E-state index contributed by atoms with van der Waals surface area (Å²) in [5.41, 5.74) is 1.06. The van der Waals surface area contributed by atoms with Crippen LogP contribution in [0, 0.1) is 0 Å². The number of aliphatic hydroxyl groups is 1. The number of rotatable bonds is 5. The highest BCUT2D eigenvalue weighted by molar-refractivity contribution is 7.15. The van der Waals surface area contributed by atoms with Gasteiger partial charge in [-0.25, -0.2) is 4.98 Å². The molecular weight excluding hydrogens is 258 g/mol. The standard InChI is InChI=1S/C14H25N3OS/c1-4-12-13(10-18)19-14(15-12)16(3)11-6-8-17(5-2)9-7-11/h11,18H,4-10H2,1-3H3. The second-order valence-electron chi connectivity index (χ2n) is 5.15. The van der Waals surface area contributed by atoms with Crippen molar-refractivity contribution in [2.24, 2.45) is 0 Å². The fourth-order valence-corrected chi connectivity index (χ4v) is 3.74. The second-order valence-corrected chi connectivity index (χ2v) is 6.22. The zero-order valence-electron chi connectivity index (χ0n) is 12.2. The van der Waals surface area contributed by atoms with Gasteiger partial charge < -0.3 is 14.9 Å². The van der Waals surface area contributed by atoms with E-state index in [-0.39, 0.29) is 6.61 Å². The molecule has 0 atom stereocenters. The third kappa shape index (κ3) is 3.27. The van der Waals surface area contributed by atoms with Crippen LogP contribution in [0.1, 0.15) is 37.3 Å². The Balaban J connectivity index is 2.03. The maximum atomic E-state index is 9.37. The summed E-state index contributed by atoms with van der Waals surface area (Å²) in [6.07, 6.45) is 3.31. The fraction of sp³-hybridized carbons (Fsp3) is 0.786. The average Bonchev–Trinajstić information content (AvgIpc) is 2.89. The first-order chi connectivity index (χ1) is 9.19. The van der Waals surface area contributed by atoms with Crippen molar-refractivity contribution in [3.63, 3.8) is 0 Å². The van der Waals surface area contributed by atoms with E-state index in [1.807, 2.05) is 0 Å². The van der Waals surface area contributed by atoms with E-state index in [4.69, 9.17) is 0 Å². The van der Waals surface area contributed by atoms with Gasteiger partial charge in [0.15, 0.2) is 5.13 Å². The lowest BCUT2D eigenvalue weighted by Crippen LogP contribution is -2.43. The summed E-state index contributed by atoms with van der Waals surface area (Å²) in [7, 11) is 2.14. The van der Waals surface area contributed by atoms with Crippen LogP contribution in [0.5, 0.6) is 0 Å². The number of aliphatic hydroxyl groups excluding tert-OH is 1. The molecule has 0 amide bonds. The van der Waals surface area contributed by atoms with Crippen LogP contribution < -0.4 is 4.90 Å². The minimum Gasteiger partial charge on any atom is -0.391 e. The van der Waals surface area contributed by atoms with Crippen molar-refractivity contribution in [2.45, 2.75) is 45.8 Å². The number of nitrogens with zero attached hydrogens (tertiary/aromatic N) is 3. The van der Waals surface area contributed by atoms with Crippen molar-refractivity contribution in [3.05, 3.63) is 10.6 Å². The predicted molar refractivity (Wildman–Crippen MR) is 81.0 cm³/mol. The smallest absolute Gasteiger partial charge is 0.185 e. The molecule has 2 rings (SSSR count). The lowest BCUT2D eigenvalue weighted by atomic mass is 10.0. The summed E-state index contributed by atoms with van der Waals surface area (Å²) in [5, 5.41) is 10.4. The minimum atomic E-state index is 0.114. The van der Waals surface area contributed by atoms with Gasteiger partial charge in [0.1, 0.15) is 0 Å². The molecular formula is C14H25N3OS. The van der Waals surface area contributed by atoms with Crippen LogP contribution in [0.15, 0.2) is 0 Å². The number of aryl methyl sites for hydroxylation is 1. The lowest BCUT2D eigenvalue weighted by molar-refractivity contribution is 0.221. The lowest BCUT2D eigenvalue weighted by Gasteiger charge is -2.36. The van der Waals surface area contributed by atoms with Crippen molar-refractivity contribution in [1.82, 2.24) is 9.88 Å². The molecule has 1 saturated heterocycles. The zero-order valence-corrected chi connectivity index (χ0v) is 13.0. The Morgan fingerprint density at radius 2 is 2.05 bits per heavy atom. The Hall–Kier alpha value is -0.650. The molecule has 0 unspecified atom stereocenters. The monoisotopic (exact) mass is 283 g/mol. The molecule has 5 heteroatoms. The summed E-state index contributed by atoms with van der Waals surface area (Å²) in [5.74, 6) is 0. The summed E-state index contributed by atoms with van der Waals surface area (Å²) in [6, 6.07) is 0.588. The van der Waals surface area contributed by atoms with Crippen LogP contribution in [-0.2, 0) is 13.0 Å². The minimum absolute atomic E-state index is 0.114. The molecule has 1 aromatic rings. The maximum absolute atomic E-state index is 9.37. The van der Waals surface area contributed by atoms with Crippen LogP contribution in [0.3, 0.4) is 0 Å². The quantitative estimate of drug-likeness (QED) is 0.898. The summed E-state index contributed by atoms with van der Waals surface area (Å²) in [4.78, 5) is 10.5. The Kier molecular flexibility index (Phi) is 5.19. The van der Waals surface area contributed by atoms with Gasteiger partial charge in [0.05, 0.1) is 17.2 Å². The van der Waals surface area contributed by atoms with Gasteiger partial charge in [0.25, 0.3) is 0 Å². The molecule has 1 aliphatic heterocycles. The molecule has 1 aromatic heterocycles. The molecule has 4 nitrogen and oxygen atoms in total. The van der Waals surface area contributed by atoms with Gasteiger partial charge in [0, 0.05) is 26.2 Å². The number of thiazole rings is 1. The Morgan fingerprint density at radius 3 is 2.53 bits per heavy atom. The van der Waals surface area contributed by atoms with Crippen LogP contribution in [0.25, 0.3) is 0 Å². The van der Waals surface area contributed by atoms with E-state index in [0.29, 0.717) is 6.04 Å². The highest BCUT2D eigenvalue weighted by Gasteiger charge is 2.24. The summed E-state index contributed by atoms with van der Waals surface area (Å²) >= 11 is 1.64. The molecule has 0 saturated carbocycles. The first-order valence-electron chi connectivity index (χ1n) is 7.24. The average molecular weight is 283 g/mol. The molecule has 2 heterocycles. The van der Waals surface area contributed by atoms with Crippen LogP contribution >= 0.6 is 11.3 Å². The molecule has 0 radical (unpaired) electrons. The predicted octanol–water partition coefficient (Wildman–Crippen LogP) is 2.12. The largest absolute Gasteiger partial charge is 0.391 e. The van der Waals surface area contributed by atoms with Crippen molar-refractivity contribution in [2.75, 3.05) is 31.6 Å². The normalized spacial score (nSPS) is 17.9. The Morgan fingerprint density at radius 1 is 1.37 bits per heavy atom.